The molecule has 36 heavy (non-hydrogen) atoms. The standard InChI is InChI=1S/C25H27F4N5O2/c26-19-13-32-23-18(11-21(33-23)15-2-1-7-31-12-15)22(19)14-5-8-34(9-6-14)24(35)17-4-3-16(10-20(17)30)36-25(27,28)29/h3-4,10-11,13-15,31H,1-2,5-9,12,30H2,(H,32,33). The number of nitrogens with one attached hydrogen (secondary N) is 2. The Morgan fingerprint density at radius 1 is 1.14 bits per heavy atom. The molecule has 4 heterocycles. The molecule has 4 N–H and O–H groups in total. The zero-order valence-electron chi connectivity index (χ0n) is 19.5. The van der Waals surface area contributed by atoms with E-state index < -0.39 is 12.1 Å². The number of nitrogen functional groups attached to an aromatic ring is 1. The van der Waals surface area contributed by atoms with Gasteiger partial charge in [-0.05, 0) is 56.3 Å². The quantitative estimate of drug-likeness (QED) is 0.354. The number of carbonyl (C=O) groups excluding carboxylic acids is 1. The lowest BCUT2D eigenvalue weighted by Crippen LogP contribution is -2.38. The number of alkyl halides is 3. The SMILES string of the molecule is Nc1cc(OC(F)(F)F)ccc1C(=O)N1CCC(c2c(F)cnc3[nH]c(C4CCCNC4)cc23)CC1. The number of carbonyl (C=O) groups is 1. The van der Waals surface area contributed by atoms with E-state index >= 15 is 4.39 Å². The number of ether oxygens (including phenoxy) is 1. The van der Waals surface area contributed by atoms with Gasteiger partial charge in [0.25, 0.3) is 5.91 Å². The monoisotopic (exact) mass is 505 g/mol. The van der Waals surface area contributed by atoms with Crippen LogP contribution in [0.1, 0.15) is 59.1 Å². The van der Waals surface area contributed by atoms with Crippen molar-refractivity contribution in [1.29, 1.82) is 0 Å². The lowest BCUT2D eigenvalue weighted by molar-refractivity contribution is -0.274. The van der Waals surface area contributed by atoms with E-state index in [1.54, 1.807) is 4.90 Å². The Hall–Kier alpha value is -3.34. The van der Waals surface area contributed by atoms with Gasteiger partial charge in [0.2, 0.25) is 0 Å². The molecule has 1 unspecified atom stereocenters. The number of hydrogen-bond donors (Lipinski definition) is 3. The van der Waals surface area contributed by atoms with Crippen LogP contribution in [0.25, 0.3) is 11.0 Å². The molecule has 1 atom stereocenters. The number of fused-ring (bicyclic) bond motifs is 1. The highest BCUT2D eigenvalue weighted by Gasteiger charge is 2.32. The molecular weight excluding hydrogens is 478 g/mol. The number of nitrogens with zero attached hydrogens (tertiary/aromatic N) is 2. The Bertz CT molecular complexity index is 1260. The van der Waals surface area contributed by atoms with Crippen molar-refractivity contribution >= 4 is 22.6 Å². The van der Waals surface area contributed by atoms with Gasteiger partial charge in [0.1, 0.15) is 17.2 Å². The van der Waals surface area contributed by atoms with Crippen LogP contribution in [0.5, 0.6) is 5.75 Å². The average Bonchev–Trinajstić information content (AvgIpc) is 3.28. The van der Waals surface area contributed by atoms with Crippen molar-refractivity contribution < 1.29 is 27.1 Å². The number of halogens is 4. The van der Waals surface area contributed by atoms with Gasteiger partial charge in [-0.3, -0.25) is 4.79 Å². The van der Waals surface area contributed by atoms with E-state index in [0.717, 1.165) is 49.1 Å². The molecular formula is C25H27F4N5O2. The molecule has 2 aliphatic rings. The van der Waals surface area contributed by atoms with Crippen LogP contribution in [-0.2, 0) is 0 Å². The summed E-state index contributed by atoms with van der Waals surface area (Å²) in [7, 11) is 0. The predicted molar refractivity (Wildman–Crippen MR) is 126 cm³/mol. The minimum absolute atomic E-state index is 0.0902. The normalized spacial score (nSPS) is 19.6. The summed E-state index contributed by atoms with van der Waals surface area (Å²) in [5.41, 5.74) is 8.20. The molecule has 0 spiro atoms. The minimum atomic E-state index is -4.85. The van der Waals surface area contributed by atoms with Crippen molar-refractivity contribution in [3.8, 4) is 5.75 Å². The molecule has 0 saturated carbocycles. The van der Waals surface area contributed by atoms with Gasteiger partial charge in [0, 0.05) is 53.9 Å². The summed E-state index contributed by atoms with van der Waals surface area (Å²) >= 11 is 0. The number of hydrogen-bond acceptors (Lipinski definition) is 5. The topological polar surface area (TPSA) is 96.3 Å². The summed E-state index contributed by atoms with van der Waals surface area (Å²) < 4.78 is 56.2. The number of piperidine rings is 2. The molecule has 1 amide bonds. The molecule has 0 bridgehead atoms. The third kappa shape index (κ3) is 4.97. The van der Waals surface area contributed by atoms with E-state index in [9.17, 15) is 18.0 Å². The smallest absolute Gasteiger partial charge is 0.406 e. The first-order chi connectivity index (χ1) is 17.2. The number of anilines is 1. The number of likely N-dealkylation sites (tertiary alicyclic amines) is 1. The van der Waals surface area contributed by atoms with Gasteiger partial charge in [-0.15, -0.1) is 13.2 Å². The molecule has 7 nitrogen and oxygen atoms in total. The highest BCUT2D eigenvalue weighted by molar-refractivity contribution is 5.99. The van der Waals surface area contributed by atoms with Crippen LogP contribution in [0.3, 0.4) is 0 Å². The third-order valence-corrected chi connectivity index (χ3v) is 7.09. The zero-order chi connectivity index (χ0) is 25.4. The average molecular weight is 506 g/mol. The van der Waals surface area contributed by atoms with Crippen molar-refractivity contribution in [2.75, 3.05) is 31.9 Å². The zero-order valence-corrected chi connectivity index (χ0v) is 19.5. The second-order valence-corrected chi connectivity index (χ2v) is 9.41. The molecule has 3 aromatic rings. The molecule has 2 fully saturated rings. The molecule has 0 radical (unpaired) electrons. The Labute approximate surface area is 205 Å². The van der Waals surface area contributed by atoms with Crippen molar-refractivity contribution in [2.24, 2.45) is 0 Å². The van der Waals surface area contributed by atoms with Crippen LogP contribution in [0.15, 0.2) is 30.5 Å². The second-order valence-electron chi connectivity index (χ2n) is 9.41. The maximum absolute atomic E-state index is 15.0. The fourth-order valence-electron chi connectivity index (χ4n) is 5.32. The van der Waals surface area contributed by atoms with Gasteiger partial charge >= 0.3 is 6.36 Å². The predicted octanol–water partition coefficient (Wildman–Crippen LogP) is 4.67. The van der Waals surface area contributed by atoms with Crippen LogP contribution < -0.4 is 15.8 Å². The van der Waals surface area contributed by atoms with Gasteiger partial charge in [-0.2, -0.15) is 0 Å². The first kappa shape index (κ1) is 24.4. The molecule has 2 saturated heterocycles. The Morgan fingerprint density at radius 3 is 2.58 bits per heavy atom. The summed E-state index contributed by atoms with van der Waals surface area (Å²) in [6, 6.07) is 5.31. The number of aromatic amines is 1. The van der Waals surface area contributed by atoms with Gasteiger partial charge < -0.3 is 25.7 Å². The number of amides is 1. The summed E-state index contributed by atoms with van der Waals surface area (Å²) in [6.45, 7) is 2.62. The largest absolute Gasteiger partial charge is 0.573 e. The molecule has 2 aromatic heterocycles. The maximum atomic E-state index is 15.0. The van der Waals surface area contributed by atoms with Gasteiger partial charge in [-0.25, -0.2) is 9.37 Å². The van der Waals surface area contributed by atoms with Crippen LogP contribution >= 0.6 is 0 Å². The number of rotatable bonds is 4. The van der Waals surface area contributed by atoms with Gasteiger partial charge in [0.15, 0.2) is 0 Å². The van der Waals surface area contributed by atoms with E-state index in [4.69, 9.17) is 5.73 Å². The Balaban J connectivity index is 1.30. The van der Waals surface area contributed by atoms with Crippen molar-refractivity contribution in [3.63, 3.8) is 0 Å². The number of benzene rings is 1. The van der Waals surface area contributed by atoms with E-state index in [0.29, 0.717) is 43.1 Å². The van der Waals surface area contributed by atoms with Gasteiger partial charge in [-0.1, -0.05) is 0 Å². The summed E-state index contributed by atoms with van der Waals surface area (Å²) in [4.78, 5) is 22.2. The van der Waals surface area contributed by atoms with E-state index in [1.165, 1.54) is 12.3 Å². The number of H-pyrrole nitrogens is 1. The second kappa shape index (κ2) is 9.61. The molecule has 11 heteroatoms. The number of aromatic nitrogens is 2. The number of pyridine rings is 1. The molecule has 0 aliphatic carbocycles. The fraction of sp³-hybridized carbons (Fsp3) is 0.440. The highest BCUT2D eigenvalue weighted by atomic mass is 19.4. The maximum Gasteiger partial charge on any atom is 0.573 e. The molecule has 1 aromatic carbocycles. The van der Waals surface area contributed by atoms with E-state index in [2.05, 4.69) is 20.0 Å². The van der Waals surface area contributed by atoms with Crippen molar-refractivity contribution in [1.82, 2.24) is 20.2 Å². The molecule has 2 aliphatic heterocycles. The lowest BCUT2D eigenvalue weighted by atomic mass is 9.87. The van der Waals surface area contributed by atoms with E-state index in [-0.39, 0.29) is 28.9 Å². The van der Waals surface area contributed by atoms with Crippen LogP contribution in [-0.4, -0.2) is 53.3 Å². The number of nitrogens with two attached hydrogens (primary N) is 1. The molecule has 192 valence electrons. The van der Waals surface area contributed by atoms with Crippen LogP contribution in [0.2, 0.25) is 0 Å². The molecule has 5 rings (SSSR count). The summed E-state index contributed by atoms with van der Waals surface area (Å²) in [5, 5.41) is 4.18. The Morgan fingerprint density at radius 2 is 1.92 bits per heavy atom. The van der Waals surface area contributed by atoms with Crippen LogP contribution in [0, 0.1) is 5.82 Å². The van der Waals surface area contributed by atoms with Crippen molar-refractivity contribution in [3.05, 3.63) is 53.1 Å². The van der Waals surface area contributed by atoms with E-state index in [1.807, 2.05) is 6.07 Å². The van der Waals surface area contributed by atoms with Crippen LogP contribution in [0.4, 0.5) is 23.2 Å². The summed E-state index contributed by atoms with van der Waals surface area (Å²) in [5.74, 6) is -0.973. The third-order valence-electron chi connectivity index (χ3n) is 7.09. The Kier molecular flexibility index (Phi) is 6.50. The summed E-state index contributed by atoms with van der Waals surface area (Å²) in [6.07, 6.45) is -0.361. The highest BCUT2D eigenvalue weighted by Crippen LogP contribution is 2.37. The lowest BCUT2D eigenvalue weighted by Gasteiger charge is -2.33. The van der Waals surface area contributed by atoms with Crippen molar-refractivity contribution in [2.45, 2.75) is 43.9 Å². The first-order valence-electron chi connectivity index (χ1n) is 12.0. The van der Waals surface area contributed by atoms with Gasteiger partial charge in [0.05, 0.1) is 11.8 Å². The fourth-order valence-corrected chi connectivity index (χ4v) is 5.32. The minimum Gasteiger partial charge on any atom is -0.406 e. The first-order valence-corrected chi connectivity index (χ1v) is 12.0.